The van der Waals surface area contributed by atoms with Gasteiger partial charge in [0.2, 0.25) is 11.4 Å². The number of hydrogen-bond acceptors (Lipinski definition) is 3. The normalized spacial score (nSPS) is 16.1. The Morgan fingerprint density at radius 1 is 1.07 bits per heavy atom. The van der Waals surface area contributed by atoms with Gasteiger partial charge in [0.05, 0.1) is 5.92 Å². The van der Waals surface area contributed by atoms with Gasteiger partial charge in [0.1, 0.15) is 18.2 Å². The summed E-state index contributed by atoms with van der Waals surface area (Å²) in [5.74, 6) is 0.154. The SMILES string of the molecule is CCN(CC)c1ccc2cc(C3=[N+](C)c4ccccc4C3C)c(=O)oc2c1. The summed E-state index contributed by atoms with van der Waals surface area (Å²) >= 11 is 0. The fourth-order valence-electron chi connectivity index (χ4n) is 4.20. The van der Waals surface area contributed by atoms with Crippen LogP contribution in [0.15, 0.2) is 57.7 Å². The number of para-hydroxylation sites is 1. The molecule has 1 aliphatic rings. The van der Waals surface area contributed by atoms with Crippen molar-refractivity contribution in [3.63, 3.8) is 0 Å². The Labute approximate surface area is 159 Å². The molecule has 0 N–H and O–H groups in total. The molecule has 138 valence electrons. The van der Waals surface area contributed by atoms with E-state index >= 15 is 0 Å². The first kappa shape index (κ1) is 17.5. The van der Waals surface area contributed by atoms with Gasteiger partial charge in [0.25, 0.3) is 0 Å². The van der Waals surface area contributed by atoms with Crippen molar-refractivity contribution in [2.24, 2.45) is 0 Å². The number of fused-ring (bicyclic) bond motifs is 2. The van der Waals surface area contributed by atoms with Crippen molar-refractivity contribution in [2.75, 3.05) is 25.0 Å². The van der Waals surface area contributed by atoms with E-state index in [9.17, 15) is 4.79 Å². The van der Waals surface area contributed by atoms with Crippen molar-refractivity contribution in [3.05, 3.63) is 70.1 Å². The molecule has 27 heavy (non-hydrogen) atoms. The van der Waals surface area contributed by atoms with Crippen LogP contribution in [0.1, 0.15) is 37.8 Å². The highest BCUT2D eigenvalue weighted by Gasteiger charge is 2.37. The molecule has 0 radical (unpaired) electrons. The zero-order valence-corrected chi connectivity index (χ0v) is 16.3. The summed E-state index contributed by atoms with van der Waals surface area (Å²) < 4.78 is 7.86. The molecule has 0 bridgehead atoms. The third kappa shape index (κ3) is 2.76. The summed E-state index contributed by atoms with van der Waals surface area (Å²) in [4.78, 5) is 15.1. The highest BCUT2D eigenvalue weighted by Crippen LogP contribution is 2.35. The van der Waals surface area contributed by atoms with Crippen molar-refractivity contribution in [1.29, 1.82) is 0 Å². The Kier molecular flexibility index (Phi) is 4.34. The smallest absolute Gasteiger partial charge is 0.350 e. The van der Waals surface area contributed by atoms with E-state index < -0.39 is 0 Å². The number of anilines is 1. The van der Waals surface area contributed by atoms with Crippen LogP contribution in [0.5, 0.6) is 0 Å². The van der Waals surface area contributed by atoms with Crippen LogP contribution in [0, 0.1) is 0 Å². The highest BCUT2D eigenvalue weighted by molar-refractivity contribution is 6.05. The molecule has 1 aromatic heterocycles. The molecule has 2 aromatic carbocycles. The number of benzene rings is 2. The maximum Gasteiger partial charge on any atom is 0.350 e. The van der Waals surface area contributed by atoms with Crippen LogP contribution in [0.3, 0.4) is 0 Å². The minimum atomic E-state index is -0.277. The summed E-state index contributed by atoms with van der Waals surface area (Å²) in [6.07, 6.45) is 0. The van der Waals surface area contributed by atoms with Crippen molar-refractivity contribution >= 4 is 28.1 Å². The van der Waals surface area contributed by atoms with Gasteiger partial charge in [-0.3, -0.25) is 0 Å². The molecule has 4 heteroatoms. The number of hydrogen-bond donors (Lipinski definition) is 0. The van der Waals surface area contributed by atoms with E-state index in [1.807, 2.05) is 37.4 Å². The maximum absolute atomic E-state index is 12.9. The fraction of sp³-hybridized carbons (Fsp3) is 0.304. The second kappa shape index (κ2) is 6.69. The van der Waals surface area contributed by atoms with E-state index in [-0.39, 0.29) is 11.5 Å². The summed E-state index contributed by atoms with van der Waals surface area (Å²) in [5, 5.41) is 0.949. The van der Waals surface area contributed by atoms with Crippen molar-refractivity contribution in [1.82, 2.24) is 0 Å². The van der Waals surface area contributed by atoms with Gasteiger partial charge >= 0.3 is 5.63 Å². The molecular formula is C23H25N2O2+. The first-order chi connectivity index (χ1) is 13.0. The zero-order valence-electron chi connectivity index (χ0n) is 16.3. The minimum absolute atomic E-state index is 0.154. The van der Waals surface area contributed by atoms with Gasteiger partial charge in [-0.05, 0) is 39.0 Å². The summed E-state index contributed by atoms with van der Waals surface area (Å²) in [6, 6.07) is 16.4. The van der Waals surface area contributed by atoms with Gasteiger partial charge in [-0.1, -0.05) is 18.2 Å². The van der Waals surface area contributed by atoms with Crippen LogP contribution >= 0.6 is 0 Å². The van der Waals surface area contributed by atoms with Gasteiger partial charge in [0, 0.05) is 41.9 Å². The molecule has 0 spiro atoms. The first-order valence-electron chi connectivity index (χ1n) is 9.57. The molecule has 0 aliphatic carbocycles. The van der Waals surface area contributed by atoms with Gasteiger partial charge in [0.15, 0.2) is 0 Å². The Hall–Kier alpha value is -2.88. The van der Waals surface area contributed by atoms with E-state index in [1.54, 1.807) is 0 Å². The van der Waals surface area contributed by atoms with Gasteiger partial charge in [-0.15, -0.1) is 0 Å². The van der Waals surface area contributed by atoms with E-state index in [0.717, 1.165) is 35.6 Å². The molecule has 0 fully saturated rings. The Bertz CT molecular complexity index is 1110. The van der Waals surface area contributed by atoms with E-state index in [2.05, 4.69) is 48.4 Å². The molecule has 0 saturated carbocycles. The van der Waals surface area contributed by atoms with Crippen LogP contribution < -0.4 is 10.5 Å². The van der Waals surface area contributed by atoms with Crippen molar-refractivity contribution in [2.45, 2.75) is 26.7 Å². The summed E-state index contributed by atoms with van der Waals surface area (Å²) in [7, 11) is 2.02. The molecule has 4 nitrogen and oxygen atoms in total. The molecule has 1 aliphatic heterocycles. The molecular weight excluding hydrogens is 336 g/mol. The topological polar surface area (TPSA) is 36.5 Å². The Balaban J connectivity index is 1.85. The number of nitrogens with zero attached hydrogens (tertiary/aromatic N) is 2. The lowest BCUT2D eigenvalue weighted by molar-refractivity contribution is -0.401. The molecule has 1 unspecified atom stereocenters. The average Bonchev–Trinajstić information content (AvgIpc) is 2.93. The van der Waals surface area contributed by atoms with Crippen LogP contribution in [0.4, 0.5) is 11.4 Å². The van der Waals surface area contributed by atoms with Crippen LogP contribution in [0.25, 0.3) is 11.0 Å². The van der Waals surface area contributed by atoms with E-state index in [0.29, 0.717) is 11.1 Å². The van der Waals surface area contributed by atoms with Gasteiger partial charge in [-0.25, -0.2) is 4.79 Å². The molecule has 3 aromatic rings. The lowest BCUT2D eigenvalue weighted by atomic mass is 9.94. The molecule has 2 heterocycles. The molecule has 4 rings (SSSR count). The van der Waals surface area contributed by atoms with E-state index in [1.165, 1.54) is 5.56 Å². The largest absolute Gasteiger partial charge is 0.422 e. The third-order valence-electron chi connectivity index (χ3n) is 5.66. The number of rotatable bonds is 4. The Morgan fingerprint density at radius 3 is 2.52 bits per heavy atom. The van der Waals surface area contributed by atoms with Gasteiger partial charge in [-0.2, -0.15) is 4.58 Å². The van der Waals surface area contributed by atoms with Crippen LogP contribution in [-0.4, -0.2) is 30.4 Å². The zero-order chi connectivity index (χ0) is 19.1. The quantitative estimate of drug-likeness (QED) is 0.506. The van der Waals surface area contributed by atoms with E-state index in [4.69, 9.17) is 4.42 Å². The fourth-order valence-corrected chi connectivity index (χ4v) is 4.20. The van der Waals surface area contributed by atoms with Gasteiger partial charge < -0.3 is 9.32 Å². The summed E-state index contributed by atoms with van der Waals surface area (Å²) in [5.41, 5.74) is 5.47. The van der Waals surface area contributed by atoms with Crippen molar-refractivity contribution < 1.29 is 8.99 Å². The predicted molar refractivity (Wildman–Crippen MR) is 111 cm³/mol. The second-order valence-corrected chi connectivity index (χ2v) is 7.07. The lowest BCUT2D eigenvalue weighted by Crippen LogP contribution is -2.23. The minimum Gasteiger partial charge on any atom is -0.422 e. The first-order valence-corrected chi connectivity index (χ1v) is 9.57. The van der Waals surface area contributed by atoms with Crippen LogP contribution in [-0.2, 0) is 0 Å². The highest BCUT2D eigenvalue weighted by atomic mass is 16.4. The second-order valence-electron chi connectivity index (χ2n) is 7.07. The molecule has 0 saturated heterocycles. The predicted octanol–water partition coefficient (Wildman–Crippen LogP) is 4.52. The molecule has 0 amide bonds. The summed E-state index contributed by atoms with van der Waals surface area (Å²) in [6.45, 7) is 8.23. The monoisotopic (exact) mass is 361 g/mol. The Morgan fingerprint density at radius 2 is 1.81 bits per heavy atom. The maximum atomic E-state index is 12.9. The van der Waals surface area contributed by atoms with Crippen LogP contribution in [0.2, 0.25) is 0 Å². The molecule has 1 atom stereocenters. The average molecular weight is 361 g/mol. The third-order valence-corrected chi connectivity index (χ3v) is 5.66. The van der Waals surface area contributed by atoms with Crippen molar-refractivity contribution in [3.8, 4) is 0 Å². The standard InChI is InChI=1S/C23H25N2O2/c1-5-25(6-2)17-12-11-16-13-19(23(26)27-21(16)14-17)22-15(3)18-9-7-8-10-20(18)24(22)4/h7-15H,5-6H2,1-4H3/q+1. The lowest BCUT2D eigenvalue weighted by Gasteiger charge is -2.21.